The third kappa shape index (κ3) is 6.41. The predicted molar refractivity (Wildman–Crippen MR) is 126 cm³/mol. The van der Waals surface area contributed by atoms with E-state index in [2.05, 4.69) is 18.3 Å². The Bertz CT molecular complexity index is 763. The lowest BCUT2D eigenvalue weighted by Crippen LogP contribution is -2.26. The van der Waals surface area contributed by atoms with Crippen molar-refractivity contribution in [2.24, 2.45) is 11.8 Å². The minimum Gasteiger partial charge on any atom is -0.493 e. The van der Waals surface area contributed by atoms with E-state index in [1.807, 2.05) is 0 Å². The van der Waals surface area contributed by atoms with Gasteiger partial charge in [0.25, 0.3) is 5.91 Å². The lowest BCUT2D eigenvalue weighted by molar-refractivity contribution is 0.0464. The van der Waals surface area contributed by atoms with Crippen LogP contribution in [0.3, 0.4) is 0 Å². The Labute approximate surface area is 192 Å². The van der Waals surface area contributed by atoms with E-state index < -0.39 is 0 Å². The Balaban J connectivity index is 1.66. The van der Waals surface area contributed by atoms with Gasteiger partial charge in [-0.1, -0.05) is 45.1 Å². The minimum absolute atomic E-state index is 0.198. The zero-order valence-corrected chi connectivity index (χ0v) is 19.9. The van der Waals surface area contributed by atoms with Crippen LogP contribution in [0.2, 0.25) is 0 Å². The van der Waals surface area contributed by atoms with E-state index in [0.717, 1.165) is 25.2 Å². The smallest absolute Gasteiger partial charge is 0.259 e. The maximum Gasteiger partial charge on any atom is 0.259 e. The molecule has 0 bridgehead atoms. The average Bonchev–Trinajstić information content (AvgIpc) is 3.06. The molecule has 3 atom stereocenters. The lowest BCUT2D eigenvalue weighted by atomic mass is 9.81. The largest absolute Gasteiger partial charge is 0.493 e. The topological polar surface area (TPSA) is 66.0 Å². The number of carbonyl (C=O) groups is 1. The molecule has 0 radical (unpaired) electrons. The zero-order chi connectivity index (χ0) is 22.8. The van der Waals surface area contributed by atoms with Gasteiger partial charge < -0.3 is 24.3 Å². The van der Waals surface area contributed by atoms with Gasteiger partial charge in [-0.05, 0) is 37.3 Å². The number of unbranched alkanes of at least 4 members (excludes halogenated alkanes) is 1. The molecule has 1 amide bonds. The number of benzene rings is 1. The maximum absolute atomic E-state index is 12.9. The summed E-state index contributed by atoms with van der Waals surface area (Å²) in [5.41, 5.74) is 0.452. The fraction of sp³-hybridized carbons (Fsp3) is 0.654. The van der Waals surface area contributed by atoms with Gasteiger partial charge in [0.15, 0.2) is 11.5 Å². The minimum atomic E-state index is -0.216. The van der Waals surface area contributed by atoms with Crippen molar-refractivity contribution >= 4 is 5.91 Å². The zero-order valence-electron chi connectivity index (χ0n) is 19.9. The van der Waals surface area contributed by atoms with Crippen LogP contribution in [0.1, 0.15) is 75.1 Å². The van der Waals surface area contributed by atoms with Gasteiger partial charge in [0.2, 0.25) is 5.75 Å². The number of amides is 1. The Hall–Kier alpha value is -2.21. The Kier molecular flexibility index (Phi) is 9.72. The summed E-state index contributed by atoms with van der Waals surface area (Å²) in [6.07, 6.45) is 14.6. The number of ether oxygens (including phenoxy) is 4. The highest BCUT2D eigenvalue weighted by Gasteiger charge is 2.25. The summed E-state index contributed by atoms with van der Waals surface area (Å²) < 4.78 is 22.8. The molecular formula is C26H39NO5. The molecule has 2 aliphatic rings. The Morgan fingerprint density at radius 1 is 1.09 bits per heavy atom. The molecule has 1 N–H and O–H groups in total. The Morgan fingerprint density at radius 3 is 2.66 bits per heavy atom. The van der Waals surface area contributed by atoms with E-state index >= 15 is 0 Å². The van der Waals surface area contributed by atoms with E-state index in [0.29, 0.717) is 41.9 Å². The molecule has 0 saturated heterocycles. The highest BCUT2D eigenvalue weighted by atomic mass is 16.5. The number of hydrogen-bond acceptors (Lipinski definition) is 5. The fourth-order valence-electron chi connectivity index (χ4n) is 4.77. The normalized spacial score (nSPS) is 23.8. The summed E-state index contributed by atoms with van der Waals surface area (Å²) in [4.78, 5) is 12.9. The van der Waals surface area contributed by atoms with Gasteiger partial charge in [-0.2, -0.15) is 0 Å². The highest BCUT2D eigenvalue weighted by Crippen LogP contribution is 2.41. The molecule has 6 nitrogen and oxygen atoms in total. The summed E-state index contributed by atoms with van der Waals surface area (Å²) in [7, 11) is 3.38. The molecule has 3 rings (SSSR count). The molecule has 178 valence electrons. The Morgan fingerprint density at radius 2 is 1.91 bits per heavy atom. The van der Waals surface area contributed by atoms with Gasteiger partial charge in [0.1, 0.15) is 0 Å². The average molecular weight is 446 g/mol. The van der Waals surface area contributed by atoms with Crippen LogP contribution in [0.5, 0.6) is 17.2 Å². The van der Waals surface area contributed by atoms with Crippen LogP contribution in [0.25, 0.3) is 0 Å². The molecule has 1 aliphatic carbocycles. The van der Waals surface area contributed by atoms with Gasteiger partial charge in [0.05, 0.1) is 32.0 Å². The van der Waals surface area contributed by atoms with Crippen LogP contribution < -0.4 is 19.5 Å². The molecule has 32 heavy (non-hydrogen) atoms. The summed E-state index contributed by atoms with van der Waals surface area (Å²) in [5, 5.41) is 2.93. The van der Waals surface area contributed by atoms with Crippen LogP contribution in [0, 0.1) is 11.8 Å². The van der Waals surface area contributed by atoms with E-state index in [-0.39, 0.29) is 12.0 Å². The van der Waals surface area contributed by atoms with Crippen LogP contribution in [0.4, 0.5) is 0 Å². The number of carbonyl (C=O) groups excluding carboxylic acids is 1. The summed E-state index contributed by atoms with van der Waals surface area (Å²) in [6.45, 7) is 3.30. The molecule has 1 aromatic carbocycles. The molecule has 0 aromatic heterocycles. The van der Waals surface area contributed by atoms with Gasteiger partial charge in [-0.25, -0.2) is 0 Å². The number of nitrogens with one attached hydrogen (secondary N) is 1. The van der Waals surface area contributed by atoms with Crippen LogP contribution in [-0.2, 0) is 4.74 Å². The van der Waals surface area contributed by atoms with Crippen molar-refractivity contribution in [2.45, 2.75) is 70.8 Å². The standard InChI is InChI=1S/C26H39NO5/c1-4-5-8-19-9-6-10-22(29-2)20(12-11-19)15-16-27-26(28)21-13-14-23(30-3)25-24(21)31-17-7-18-32-25/h13-16,19-20,22H,4-12,17-18H2,1-3H3,(H,27,28)/b16-15+. The first kappa shape index (κ1) is 24.4. The molecule has 3 unspecified atom stereocenters. The summed E-state index contributed by atoms with van der Waals surface area (Å²) in [6, 6.07) is 3.47. The molecule has 1 saturated carbocycles. The quantitative estimate of drug-likeness (QED) is 0.572. The van der Waals surface area contributed by atoms with Crippen LogP contribution in [-0.4, -0.2) is 39.4 Å². The van der Waals surface area contributed by atoms with Crippen molar-refractivity contribution in [3.8, 4) is 17.2 Å². The van der Waals surface area contributed by atoms with Gasteiger partial charge in [0, 0.05) is 25.6 Å². The van der Waals surface area contributed by atoms with Crippen molar-refractivity contribution in [1.29, 1.82) is 0 Å². The van der Waals surface area contributed by atoms with Crippen molar-refractivity contribution in [1.82, 2.24) is 5.32 Å². The summed E-state index contributed by atoms with van der Waals surface area (Å²) >= 11 is 0. The second-order valence-electron chi connectivity index (χ2n) is 8.81. The number of fused-ring (bicyclic) bond motifs is 1. The molecule has 1 aromatic rings. The van der Waals surface area contributed by atoms with Crippen molar-refractivity contribution in [2.75, 3.05) is 27.4 Å². The van der Waals surface area contributed by atoms with Crippen LogP contribution >= 0.6 is 0 Å². The first-order valence-electron chi connectivity index (χ1n) is 12.1. The van der Waals surface area contributed by atoms with Crippen molar-refractivity contribution < 1.29 is 23.7 Å². The van der Waals surface area contributed by atoms with Gasteiger partial charge in [-0.15, -0.1) is 0 Å². The van der Waals surface area contributed by atoms with Gasteiger partial charge in [-0.3, -0.25) is 4.79 Å². The molecule has 1 fully saturated rings. The van der Waals surface area contributed by atoms with Gasteiger partial charge >= 0.3 is 0 Å². The molecular weight excluding hydrogens is 406 g/mol. The van der Waals surface area contributed by atoms with E-state index in [1.54, 1.807) is 32.6 Å². The van der Waals surface area contributed by atoms with E-state index in [9.17, 15) is 4.79 Å². The van der Waals surface area contributed by atoms with E-state index in [4.69, 9.17) is 18.9 Å². The first-order valence-corrected chi connectivity index (χ1v) is 12.1. The maximum atomic E-state index is 12.9. The second-order valence-corrected chi connectivity index (χ2v) is 8.81. The number of hydrogen-bond donors (Lipinski definition) is 1. The summed E-state index contributed by atoms with van der Waals surface area (Å²) in [5.74, 6) is 2.42. The second kappa shape index (κ2) is 12.7. The lowest BCUT2D eigenvalue weighted by Gasteiger charge is -2.29. The molecule has 1 heterocycles. The van der Waals surface area contributed by atoms with Crippen LogP contribution in [0.15, 0.2) is 24.4 Å². The highest BCUT2D eigenvalue weighted by molar-refractivity contribution is 5.98. The van der Waals surface area contributed by atoms with E-state index in [1.165, 1.54) is 38.5 Å². The molecule has 0 spiro atoms. The monoisotopic (exact) mass is 445 g/mol. The predicted octanol–water partition coefficient (Wildman–Crippen LogP) is 5.50. The number of methoxy groups -OCH3 is 2. The van der Waals surface area contributed by atoms with Crippen molar-refractivity contribution in [3.05, 3.63) is 30.0 Å². The fourth-order valence-corrected chi connectivity index (χ4v) is 4.77. The first-order chi connectivity index (χ1) is 15.7. The molecule has 1 aliphatic heterocycles. The van der Waals surface area contributed by atoms with Crippen molar-refractivity contribution in [3.63, 3.8) is 0 Å². The third-order valence-electron chi connectivity index (χ3n) is 6.64. The number of rotatable bonds is 8. The molecule has 6 heteroatoms. The third-order valence-corrected chi connectivity index (χ3v) is 6.64. The SMILES string of the molecule is CCCCC1CCCC(OC)C(/C=C/NC(=O)c2ccc(OC)c3c2OCCCO3)CC1.